The molecule has 0 saturated carbocycles. The zero-order chi connectivity index (χ0) is 11.7. The number of rotatable bonds is 1. The number of carbonyl (C=O) groups excluding carboxylic acids is 1. The molecule has 5 nitrogen and oxygen atoms in total. The number of amides is 1. The first-order valence-corrected chi connectivity index (χ1v) is 5.96. The smallest absolute Gasteiger partial charge is 0.239 e. The van der Waals surface area contributed by atoms with E-state index in [-0.39, 0.29) is 25.0 Å². The molecule has 4 unspecified atom stereocenters. The molecule has 3 N–H and O–H groups in total. The normalized spacial score (nSPS) is 40.1. The highest BCUT2D eigenvalue weighted by Crippen LogP contribution is 2.19. The summed E-state index contributed by atoms with van der Waals surface area (Å²) in [6.07, 6.45) is 0.381. The summed E-state index contributed by atoms with van der Waals surface area (Å²) in [6, 6.07) is -0.138. The van der Waals surface area contributed by atoms with Crippen molar-refractivity contribution in [2.45, 2.75) is 38.0 Å². The van der Waals surface area contributed by atoms with E-state index in [0.717, 1.165) is 19.4 Å². The van der Waals surface area contributed by atoms with Gasteiger partial charge in [-0.2, -0.15) is 0 Å². The minimum absolute atomic E-state index is 0.0159. The van der Waals surface area contributed by atoms with E-state index >= 15 is 0 Å². The van der Waals surface area contributed by atoms with Gasteiger partial charge in [-0.1, -0.05) is 6.92 Å². The van der Waals surface area contributed by atoms with Crippen LogP contribution in [0.15, 0.2) is 0 Å². The van der Waals surface area contributed by atoms with E-state index in [1.807, 2.05) is 0 Å². The molecule has 0 spiro atoms. The predicted molar refractivity (Wildman–Crippen MR) is 58.8 cm³/mol. The van der Waals surface area contributed by atoms with Gasteiger partial charge < -0.3 is 20.4 Å². The Morgan fingerprint density at radius 3 is 2.50 bits per heavy atom. The number of nitrogens with zero attached hydrogens (tertiary/aromatic N) is 1. The van der Waals surface area contributed by atoms with Gasteiger partial charge in [0.25, 0.3) is 0 Å². The van der Waals surface area contributed by atoms with Crippen molar-refractivity contribution in [3.8, 4) is 0 Å². The number of likely N-dealkylation sites (tertiary alicyclic amines) is 1. The van der Waals surface area contributed by atoms with Gasteiger partial charge in [0.05, 0.1) is 18.2 Å². The van der Waals surface area contributed by atoms with Crippen LogP contribution in [-0.4, -0.2) is 58.9 Å². The summed E-state index contributed by atoms with van der Waals surface area (Å²) < 4.78 is 0. The first kappa shape index (κ1) is 11.8. The van der Waals surface area contributed by atoms with Gasteiger partial charge in [-0.15, -0.1) is 0 Å². The van der Waals surface area contributed by atoms with Gasteiger partial charge in [-0.05, 0) is 25.3 Å². The van der Waals surface area contributed by atoms with E-state index < -0.39 is 12.2 Å². The van der Waals surface area contributed by atoms with E-state index in [2.05, 4.69) is 12.2 Å². The molecule has 2 rings (SSSR count). The lowest BCUT2D eigenvalue weighted by Gasteiger charge is -2.30. The van der Waals surface area contributed by atoms with Gasteiger partial charge in [-0.25, -0.2) is 0 Å². The maximum absolute atomic E-state index is 12.1. The number of hydrogen-bond donors (Lipinski definition) is 3. The lowest BCUT2D eigenvalue weighted by atomic mass is 9.93. The van der Waals surface area contributed by atoms with Crippen molar-refractivity contribution in [1.29, 1.82) is 0 Å². The third kappa shape index (κ3) is 2.36. The van der Waals surface area contributed by atoms with Crippen LogP contribution in [0.2, 0.25) is 0 Å². The molecular weight excluding hydrogens is 208 g/mol. The van der Waals surface area contributed by atoms with Gasteiger partial charge in [0, 0.05) is 13.1 Å². The zero-order valence-corrected chi connectivity index (χ0v) is 9.59. The SMILES string of the molecule is CC1CCNC(C(=O)N2CC(O)C(O)C2)C1. The summed E-state index contributed by atoms with van der Waals surface area (Å²) >= 11 is 0. The highest BCUT2D eigenvalue weighted by Gasteiger charge is 2.36. The minimum atomic E-state index is -0.787. The molecule has 0 aromatic carbocycles. The third-order valence-corrected chi connectivity index (χ3v) is 3.53. The molecule has 2 saturated heterocycles. The van der Waals surface area contributed by atoms with Gasteiger partial charge >= 0.3 is 0 Å². The Labute approximate surface area is 95.4 Å². The van der Waals surface area contributed by atoms with E-state index in [4.69, 9.17) is 0 Å². The van der Waals surface area contributed by atoms with Crippen LogP contribution in [0.5, 0.6) is 0 Å². The van der Waals surface area contributed by atoms with Crippen LogP contribution in [0.1, 0.15) is 19.8 Å². The molecule has 4 atom stereocenters. The van der Waals surface area contributed by atoms with Crippen LogP contribution in [0.4, 0.5) is 0 Å². The predicted octanol–water partition coefficient (Wildman–Crippen LogP) is -1.06. The summed E-state index contributed by atoms with van der Waals surface area (Å²) in [5, 5.41) is 22.0. The fourth-order valence-electron chi connectivity index (χ4n) is 2.47. The molecular formula is C11H20N2O3. The quantitative estimate of drug-likeness (QED) is 0.535. The standard InChI is InChI=1S/C11H20N2O3/c1-7-2-3-12-8(4-7)11(16)13-5-9(14)10(15)6-13/h7-10,12,14-15H,2-6H2,1H3. The monoisotopic (exact) mass is 228 g/mol. The van der Waals surface area contributed by atoms with Gasteiger partial charge in [0.2, 0.25) is 5.91 Å². The lowest BCUT2D eigenvalue weighted by molar-refractivity contribution is -0.133. The molecule has 0 radical (unpaired) electrons. The summed E-state index contributed by atoms with van der Waals surface area (Å²) in [5.74, 6) is 0.579. The second kappa shape index (κ2) is 4.69. The average Bonchev–Trinajstić information content (AvgIpc) is 2.58. The molecule has 0 bridgehead atoms. The van der Waals surface area contributed by atoms with Gasteiger partial charge in [-0.3, -0.25) is 4.79 Å². The Morgan fingerprint density at radius 1 is 1.31 bits per heavy atom. The summed E-state index contributed by atoms with van der Waals surface area (Å²) in [4.78, 5) is 13.6. The molecule has 92 valence electrons. The van der Waals surface area contributed by atoms with Crippen molar-refractivity contribution in [3.63, 3.8) is 0 Å². The number of aliphatic hydroxyl groups excluding tert-OH is 2. The Hall–Kier alpha value is -0.650. The molecule has 0 aliphatic carbocycles. The Morgan fingerprint density at radius 2 is 1.94 bits per heavy atom. The Balaban J connectivity index is 1.92. The molecule has 2 fully saturated rings. The first-order chi connectivity index (χ1) is 7.58. The van der Waals surface area contributed by atoms with Crippen molar-refractivity contribution in [3.05, 3.63) is 0 Å². The van der Waals surface area contributed by atoms with Crippen LogP contribution < -0.4 is 5.32 Å². The second-order valence-corrected chi connectivity index (χ2v) is 5.01. The van der Waals surface area contributed by atoms with Crippen molar-refractivity contribution in [1.82, 2.24) is 10.2 Å². The molecule has 2 aliphatic rings. The number of β-amino-alcohol motifs (C(OH)–C–C–N with tert-alkyl or cyclic N) is 2. The van der Waals surface area contributed by atoms with Crippen LogP contribution in [0, 0.1) is 5.92 Å². The van der Waals surface area contributed by atoms with Crippen LogP contribution >= 0.6 is 0 Å². The summed E-state index contributed by atoms with van der Waals surface area (Å²) in [5.41, 5.74) is 0. The van der Waals surface area contributed by atoms with Crippen LogP contribution in [0.25, 0.3) is 0 Å². The molecule has 2 heterocycles. The highest BCUT2D eigenvalue weighted by atomic mass is 16.3. The molecule has 0 aromatic rings. The summed E-state index contributed by atoms with van der Waals surface area (Å²) in [6.45, 7) is 3.53. The maximum atomic E-state index is 12.1. The number of hydrogen-bond acceptors (Lipinski definition) is 4. The Kier molecular flexibility index (Phi) is 3.47. The average molecular weight is 228 g/mol. The minimum Gasteiger partial charge on any atom is -0.388 e. The molecule has 1 amide bonds. The Bertz CT molecular complexity index is 255. The van der Waals surface area contributed by atoms with Gasteiger partial charge in [0.15, 0.2) is 0 Å². The van der Waals surface area contributed by atoms with E-state index in [9.17, 15) is 15.0 Å². The fourth-order valence-corrected chi connectivity index (χ4v) is 2.47. The van der Waals surface area contributed by atoms with Crippen LogP contribution in [-0.2, 0) is 4.79 Å². The first-order valence-electron chi connectivity index (χ1n) is 5.96. The molecule has 16 heavy (non-hydrogen) atoms. The highest BCUT2D eigenvalue weighted by molar-refractivity contribution is 5.82. The van der Waals surface area contributed by atoms with E-state index in [1.165, 1.54) is 0 Å². The number of nitrogens with one attached hydrogen (secondary N) is 1. The fraction of sp³-hybridized carbons (Fsp3) is 0.909. The second-order valence-electron chi connectivity index (χ2n) is 5.01. The number of piperidine rings is 1. The van der Waals surface area contributed by atoms with E-state index in [1.54, 1.807) is 4.90 Å². The lowest BCUT2D eigenvalue weighted by Crippen LogP contribution is -2.49. The molecule has 5 heteroatoms. The largest absolute Gasteiger partial charge is 0.388 e. The number of aliphatic hydroxyl groups is 2. The van der Waals surface area contributed by atoms with Crippen molar-refractivity contribution >= 4 is 5.91 Å². The van der Waals surface area contributed by atoms with E-state index in [0.29, 0.717) is 5.92 Å². The zero-order valence-electron chi connectivity index (χ0n) is 9.59. The third-order valence-electron chi connectivity index (χ3n) is 3.53. The maximum Gasteiger partial charge on any atom is 0.239 e. The molecule has 2 aliphatic heterocycles. The topological polar surface area (TPSA) is 72.8 Å². The van der Waals surface area contributed by atoms with Crippen molar-refractivity contribution in [2.24, 2.45) is 5.92 Å². The van der Waals surface area contributed by atoms with Crippen LogP contribution in [0.3, 0.4) is 0 Å². The number of carbonyl (C=O) groups is 1. The van der Waals surface area contributed by atoms with Crippen molar-refractivity contribution in [2.75, 3.05) is 19.6 Å². The molecule has 0 aromatic heterocycles. The summed E-state index contributed by atoms with van der Waals surface area (Å²) in [7, 11) is 0. The van der Waals surface area contributed by atoms with Gasteiger partial charge in [0.1, 0.15) is 0 Å². The van der Waals surface area contributed by atoms with Crippen molar-refractivity contribution < 1.29 is 15.0 Å².